The molecule has 2 nitrogen and oxygen atoms in total. The van der Waals surface area contributed by atoms with Gasteiger partial charge in [-0.15, -0.1) is 0 Å². The quantitative estimate of drug-likeness (QED) is 0.850. The predicted molar refractivity (Wildman–Crippen MR) is 74.6 cm³/mol. The molecular formula is C16H20FNO. The van der Waals surface area contributed by atoms with Crippen molar-refractivity contribution in [1.82, 2.24) is 5.32 Å². The van der Waals surface area contributed by atoms with Crippen LogP contribution in [0.1, 0.15) is 36.3 Å². The minimum absolute atomic E-state index is 0.0931. The molecule has 0 aliphatic carbocycles. The second-order valence-corrected chi connectivity index (χ2v) is 4.73. The lowest BCUT2D eigenvalue weighted by molar-refractivity contribution is 0.487. The van der Waals surface area contributed by atoms with Crippen LogP contribution >= 0.6 is 0 Å². The molecule has 0 saturated carbocycles. The van der Waals surface area contributed by atoms with E-state index in [1.165, 1.54) is 6.07 Å². The molecule has 1 aromatic carbocycles. The first-order chi connectivity index (χ1) is 9.22. The van der Waals surface area contributed by atoms with Crippen molar-refractivity contribution in [3.05, 3.63) is 59.3 Å². The van der Waals surface area contributed by atoms with Crippen LogP contribution in [0.5, 0.6) is 0 Å². The Kier molecular flexibility index (Phi) is 4.74. The molecule has 1 N–H and O–H groups in total. The number of benzene rings is 1. The Morgan fingerprint density at radius 2 is 2.05 bits per heavy atom. The molecule has 0 amide bonds. The minimum Gasteiger partial charge on any atom is -0.469 e. The van der Waals surface area contributed by atoms with E-state index in [-0.39, 0.29) is 11.9 Å². The highest BCUT2D eigenvalue weighted by Crippen LogP contribution is 2.23. The fourth-order valence-electron chi connectivity index (χ4n) is 2.25. The zero-order valence-corrected chi connectivity index (χ0v) is 11.4. The third kappa shape index (κ3) is 3.44. The molecule has 0 saturated heterocycles. The molecule has 0 spiro atoms. The summed E-state index contributed by atoms with van der Waals surface area (Å²) >= 11 is 0. The van der Waals surface area contributed by atoms with E-state index in [9.17, 15) is 4.39 Å². The van der Waals surface area contributed by atoms with Gasteiger partial charge in [-0.05, 0) is 44.0 Å². The Labute approximate surface area is 113 Å². The van der Waals surface area contributed by atoms with E-state index in [1.807, 2.05) is 25.1 Å². The summed E-state index contributed by atoms with van der Waals surface area (Å²) < 4.78 is 19.1. The van der Waals surface area contributed by atoms with Crippen molar-refractivity contribution in [3.8, 4) is 0 Å². The molecular weight excluding hydrogens is 241 g/mol. The van der Waals surface area contributed by atoms with Crippen LogP contribution in [-0.4, -0.2) is 6.54 Å². The van der Waals surface area contributed by atoms with Crippen molar-refractivity contribution in [2.24, 2.45) is 0 Å². The van der Waals surface area contributed by atoms with Gasteiger partial charge in [-0.25, -0.2) is 4.39 Å². The maximum absolute atomic E-state index is 13.8. The van der Waals surface area contributed by atoms with Crippen LogP contribution in [0.4, 0.5) is 4.39 Å². The molecule has 0 radical (unpaired) electrons. The first-order valence-electron chi connectivity index (χ1n) is 6.73. The van der Waals surface area contributed by atoms with Gasteiger partial charge in [0.15, 0.2) is 0 Å². The maximum atomic E-state index is 13.8. The highest BCUT2D eigenvalue weighted by atomic mass is 19.1. The highest BCUT2D eigenvalue weighted by molar-refractivity contribution is 5.25. The number of halogens is 1. The van der Waals surface area contributed by atoms with Gasteiger partial charge in [0.2, 0.25) is 0 Å². The van der Waals surface area contributed by atoms with Gasteiger partial charge >= 0.3 is 0 Å². The van der Waals surface area contributed by atoms with Crippen molar-refractivity contribution in [2.45, 2.75) is 32.7 Å². The van der Waals surface area contributed by atoms with Crippen molar-refractivity contribution in [1.29, 1.82) is 0 Å². The van der Waals surface area contributed by atoms with E-state index in [4.69, 9.17) is 4.42 Å². The van der Waals surface area contributed by atoms with E-state index in [0.29, 0.717) is 6.42 Å². The topological polar surface area (TPSA) is 25.2 Å². The summed E-state index contributed by atoms with van der Waals surface area (Å²) in [6.45, 7) is 4.97. The summed E-state index contributed by atoms with van der Waals surface area (Å²) in [6.07, 6.45) is 3.37. The van der Waals surface area contributed by atoms with E-state index in [0.717, 1.165) is 29.9 Å². The maximum Gasteiger partial charge on any atom is 0.126 e. The lowest BCUT2D eigenvalue weighted by Gasteiger charge is -2.18. The van der Waals surface area contributed by atoms with E-state index >= 15 is 0 Å². The molecule has 0 aliphatic heterocycles. The van der Waals surface area contributed by atoms with Gasteiger partial charge in [0.05, 0.1) is 6.26 Å². The molecule has 1 heterocycles. The van der Waals surface area contributed by atoms with Gasteiger partial charge in [-0.3, -0.25) is 0 Å². The van der Waals surface area contributed by atoms with E-state index < -0.39 is 0 Å². The van der Waals surface area contributed by atoms with E-state index in [2.05, 4.69) is 12.2 Å². The Hall–Kier alpha value is -1.61. The van der Waals surface area contributed by atoms with Gasteiger partial charge in [0.25, 0.3) is 0 Å². The van der Waals surface area contributed by atoms with Crippen LogP contribution in [0.15, 0.2) is 41.0 Å². The summed E-state index contributed by atoms with van der Waals surface area (Å²) in [5.41, 5.74) is 1.84. The molecule has 0 bridgehead atoms. The van der Waals surface area contributed by atoms with Crippen LogP contribution in [0, 0.1) is 12.7 Å². The van der Waals surface area contributed by atoms with Crippen molar-refractivity contribution >= 4 is 0 Å². The normalized spacial score (nSPS) is 12.6. The zero-order valence-electron chi connectivity index (χ0n) is 11.4. The summed E-state index contributed by atoms with van der Waals surface area (Å²) in [6, 6.07) is 8.99. The average Bonchev–Trinajstić information content (AvgIpc) is 2.83. The van der Waals surface area contributed by atoms with Crippen LogP contribution in [0.3, 0.4) is 0 Å². The number of aryl methyl sites for hydroxylation is 1. The van der Waals surface area contributed by atoms with Crippen molar-refractivity contribution < 1.29 is 8.81 Å². The molecule has 1 unspecified atom stereocenters. The van der Waals surface area contributed by atoms with Crippen molar-refractivity contribution in [3.63, 3.8) is 0 Å². The third-order valence-electron chi connectivity index (χ3n) is 3.30. The SMILES string of the molecule is CCCNC(Cc1ccccc1F)c1ccoc1C. The molecule has 19 heavy (non-hydrogen) atoms. The number of rotatable bonds is 6. The number of nitrogens with one attached hydrogen (secondary N) is 1. The summed E-state index contributed by atoms with van der Waals surface area (Å²) in [4.78, 5) is 0. The smallest absolute Gasteiger partial charge is 0.126 e. The molecule has 2 aromatic rings. The molecule has 0 aliphatic rings. The van der Waals surface area contributed by atoms with Gasteiger partial charge in [-0.1, -0.05) is 25.1 Å². The molecule has 2 rings (SSSR count). The Balaban J connectivity index is 2.19. The fraction of sp³-hybridized carbons (Fsp3) is 0.375. The Morgan fingerprint density at radius 3 is 2.68 bits per heavy atom. The highest BCUT2D eigenvalue weighted by Gasteiger charge is 2.17. The summed E-state index contributed by atoms with van der Waals surface area (Å²) in [5.74, 6) is 0.747. The second kappa shape index (κ2) is 6.53. The Morgan fingerprint density at radius 1 is 1.26 bits per heavy atom. The fourth-order valence-corrected chi connectivity index (χ4v) is 2.25. The lowest BCUT2D eigenvalue weighted by Crippen LogP contribution is -2.24. The van der Waals surface area contributed by atoms with Gasteiger partial charge in [-0.2, -0.15) is 0 Å². The van der Waals surface area contributed by atoms with Crippen LogP contribution in [0.25, 0.3) is 0 Å². The molecule has 1 atom stereocenters. The summed E-state index contributed by atoms with van der Waals surface area (Å²) in [7, 11) is 0. The largest absolute Gasteiger partial charge is 0.469 e. The number of hydrogen-bond acceptors (Lipinski definition) is 2. The standard InChI is InChI=1S/C16H20FNO/c1-3-9-18-16(14-8-10-19-12(14)2)11-13-6-4-5-7-15(13)17/h4-8,10,16,18H,3,9,11H2,1-2H3. The zero-order chi connectivity index (χ0) is 13.7. The van der Waals surface area contributed by atoms with Crippen LogP contribution < -0.4 is 5.32 Å². The molecule has 1 aromatic heterocycles. The lowest BCUT2D eigenvalue weighted by atomic mass is 9.99. The van der Waals surface area contributed by atoms with Gasteiger partial charge in [0, 0.05) is 11.6 Å². The predicted octanol–water partition coefficient (Wildman–Crippen LogP) is 4.01. The Bertz CT molecular complexity index is 521. The van der Waals surface area contributed by atoms with Gasteiger partial charge < -0.3 is 9.73 Å². The summed E-state index contributed by atoms with van der Waals surface area (Å²) in [5, 5.41) is 3.46. The van der Waals surface area contributed by atoms with Crippen molar-refractivity contribution in [2.75, 3.05) is 6.54 Å². The number of furan rings is 1. The van der Waals surface area contributed by atoms with Crippen LogP contribution in [0.2, 0.25) is 0 Å². The van der Waals surface area contributed by atoms with Crippen LogP contribution in [-0.2, 0) is 6.42 Å². The molecule has 102 valence electrons. The second-order valence-electron chi connectivity index (χ2n) is 4.73. The first kappa shape index (κ1) is 13.8. The first-order valence-corrected chi connectivity index (χ1v) is 6.73. The molecule has 0 fully saturated rings. The molecule has 3 heteroatoms. The number of hydrogen-bond donors (Lipinski definition) is 1. The van der Waals surface area contributed by atoms with E-state index in [1.54, 1.807) is 12.3 Å². The third-order valence-corrected chi connectivity index (χ3v) is 3.30. The monoisotopic (exact) mass is 261 g/mol. The minimum atomic E-state index is -0.146. The van der Waals surface area contributed by atoms with Gasteiger partial charge in [0.1, 0.15) is 11.6 Å². The average molecular weight is 261 g/mol.